The van der Waals surface area contributed by atoms with E-state index in [2.05, 4.69) is 24.1 Å². The molecule has 0 radical (unpaired) electrons. The Balaban J connectivity index is 2.49. The van der Waals surface area contributed by atoms with Crippen LogP contribution in [0.3, 0.4) is 0 Å². The van der Waals surface area contributed by atoms with E-state index in [-0.39, 0.29) is 0 Å². The predicted octanol–water partition coefficient (Wildman–Crippen LogP) is 1.45. The number of fused-ring (bicyclic) bond motifs is 1. The smallest absolute Gasteiger partial charge is 0.0887 e. The molecule has 0 unspecified atom stereocenters. The SMILES string of the molecule is COCc1nc2c(c(C)c1C)CNC2. The van der Waals surface area contributed by atoms with Gasteiger partial charge in [-0.05, 0) is 30.5 Å². The monoisotopic (exact) mass is 192 g/mol. The second-order valence-electron chi connectivity index (χ2n) is 3.77. The molecular formula is C11H16N2O. The third-order valence-electron chi connectivity index (χ3n) is 2.94. The summed E-state index contributed by atoms with van der Waals surface area (Å²) in [7, 11) is 1.71. The summed E-state index contributed by atoms with van der Waals surface area (Å²) in [6.45, 7) is 6.76. The van der Waals surface area contributed by atoms with Crippen molar-refractivity contribution in [1.29, 1.82) is 0 Å². The molecule has 2 heterocycles. The van der Waals surface area contributed by atoms with Crippen molar-refractivity contribution in [1.82, 2.24) is 10.3 Å². The van der Waals surface area contributed by atoms with Crippen LogP contribution in [-0.2, 0) is 24.4 Å². The first-order valence-corrected chi connectivity index (χ1v) is 4.91. The quantitative estimate of drug-likeness (QED) is 0.770. The lowest BCUT2D eigenvalue weighted by Crippen LogP contribution is -2.04. The number of nitrogens with one attached hydrogen (secondary N) is 1. The maximum absolute atomic E-state index is 5.14. The van der Waals surface area contributed by atoms with Gasteiger partial charge >= 0.3 is 0 Å². The summed E-state index contributed by atoms with van der Waals surface area (Å²) in [4.78, 5) is 4.62. The summed E-state index contributed by atoms with van der Waals surface area (Å²) in [5.41, 5.74) is 6.29. The number of aromatic nitrogens is 1. The number of hydrogen-bond donors (Lipinski definition) is 1. The Bertz CT molecular complexity index is 361. The van der Waals surface area contributed by atoms with Crippen molar-refractivity contribution in [2.75, 3.05) is 7.11 Å². The van der Waals surface area contributed by atoms with Crippen molar-refractivity contribution in [3.8, 4) is 0 Å². The Hall–Kier alpha value is -0.930. The van der Waals surface area contributed by atoms with Crippen LogP contribution in [0.2, 0.25) is 0 Å². The summed E-state index contributed by atoms with van der Waals surface area (Å²) < 4.78 is 5.14. The highest BCUT2D eigenvalue weighted by Crippen LogP contribution is 2.23. The zero-order valence-corrected chi connectivity index (χ0v) is 8.98. The molecule has 1 N–H and O–H groups in total. The molecule has 1 aliphatic heterocycles. The van der Waals surface area contributed by atoms with Gasteiger partial charge < -0.3 is 10.1 Å². The zero-order chi connectivity index (χ0) is 10.1. The van der Waals surface area contributed by atoms with Gasteiger partial charge in [-0.2, -0.15) is 0 Å². The molecule has 0 saturated carbocycles. The van der Waals surface area contributed by atoms with Crippen LogP contribution in [0.1, 0.15) is 28.1 Å². The van der Waals surface area contributed by atoms with E-state index in [0.29, 0.717) is 6.61 Å². The minimum absolute atomic E-state index is 0.611. The molecule has 3 heteroatoms. The molecule has 0 spiro atoms. The van der Waals surface area contributed by atoms with Crippen molar-refractivity contribution >= 4 is 0 Å². The molecule has 1 aliphatic rings. The normalized spacial score (nSPS) is 14.5. The van der Waals surface area contributed by atoms with Crippen molar-refractivity contribution in [3.05, 3.63) is 28.1 Å². The van der Waals surface area contributed by atoms with Crippen LogP contribution in [0.15, 0.2) is 0 Å². The minimum Gasteiger partial charge on any atom is -0.378 e. The van der Waals surface area contributed by atoms with Crippen molar-refractivity contribution in [2.45, 2.75) is 33.5 Å². The standard InChI is InChI=1S/C11H16N2O/c1-7-8(2)11(6-14-3)13-10-5-12-4-9(7)10/h12H,4-6H2,1-3H3. The molecule has 1 aromatic rings. The molecule has 76 valence electrons. The summed E-state index contributed by atoms with van der Waals surface area (Å²) >= 11 is 0. The van der Waals surface area contributed by atoms with Crippen LogP contribution in [0.25, 0.3) is 0 Å². The maximum Gasteiger partial charge on any atom is 0.0887 e. The van der Waals surface area contributed by atoms with Crippen LogP contribution >= 0.6 is 0 Å². The van der Waals surface area contributed by atoms with E-state index in [1.165, 1.54) is 22.4 Å². The van der Waals surface area contributed by atoms with Crippen LogP contribution in [0, 0.1) is 13.8 Å². The summed E-state index contributed by atoms with van der Waals surface area (Å²) in [6.07, 6.45) is 0. The Morgan fingerprint density at radius 2 is 2.07 bits per heavy atom. The lowest BCUT2D eigenvalue weighted by molar-refractivity contribution is 0.180. The third kappa shape index (κ3) is 1.42. The minimum atomic E-state index is 0.611. The summed E-state index contributed by atoms with van der Waals surface area (Å²) in [5, 5.41) is 3.32. The molecule has 0 aromatic carbocycles. The molecule has 14 heavy (non-hydrogen) atoms. The largest absolute Gasteiger partial charge is 0.378 e. The van der Waals surface area contributed by atoms with Gasteiger partial charge in [-0.15, -0.1) is 0 Å². The van der Waals surface area contributed by atoms with E-state index in [4.69, 9.17) is 4.74 Å². The molecule has 2 rings (SSSR count). The first-order chi connectivity index (χ1) is 6.74. The Kier molecular flexibility index (Phi) is 2.52. The fraction of sp³-hybridized carbons (Fsp3) is 0.545. The van der Waals surface area contributed by atoms with Crippen LogP contribution in [0.5, 0.6) is 0 Å². The molecule has 1 aromatic heterocycles. The molecule has 0 aliphatic carbocycles. The van der Waals surface area contributed by atoms with E-state index >= 15 is 0 Å². The molecule has 0 amide bonds. The topological polar surface area (TPSA) is 34.1 Å². The van der Waals surface area contributed by atoms with E-state index in [1.54, 1.807) is 7.11 Å². The van der Waals surface area contributed by atoms with Crippen LogP contribution < -0.4 is 5.32 Å². The lowest BCUT2D eigenvalue weighted by atomic mass is 10.0. The molecule has 0 bridgehead atoms. The van der Waals surface area contributed by atoms with Gasteiger partial charge in [0.05, 0.1) is 18.0 Å². The highest BCUT2D eigenvalue weighted by atomic mass is 16.5. The molecule has 0 saturated heterocycles. The first-order valence-electron chi connectivity index (χ1n) is 4.91. The molecular weight excluding hydrogens is 176 g/mol. The number of pyridine rings is 1. The Morgan fingerprint density at radius 3 is 2.79 bits per heavy atom. The molecule has 0 atom stereocenters. The van der Waals surface area contributed by atoms with Gasteiger partial charge in [0.15, 0.2) is 0 Å². The number of rotatable bonds is 2. The van der Waals surface area contributed by atoms with E-state index in [0.717, 1.165) is 18.8 Å². The average Bonchev–Trinajstić information content (AvgIpc) is 2.62. The highest BCUT2D eigenvalue weighted by molar-refractivity contribution is 5.40. The van der Waals surface area contributed by atoms with Crippen molar-refractivity contribution in [2.24, 2.45) is 0 Å². The molecule has 3 nitrogen and oxygen atoms in total. The average molecular weight is 192 g/mol. The van der Waals surface area contributed by atoms with Gasteiger partial charge in [-0.3, -0.25) is 4.98 Å². The van der Waals surface area contributed by atoms with Gasteiger partial charge in [0.2, 0.25) is 0 Å². The summed E-state index contributed by atoms with van der Waals surface area (Å²) in [5.74, 6) is 0. The van der Waals surface area contributed by atoms with Crippen LogP contribution in [0.4, 0.5) is 0 Å². The molecule has 0 fully saturated rings. The van der Waals surface area contributed by atoms with Gasteiger partial charge in [-0.1, -0.05) is 0 Å². The van der Waals surface area contributed by atoms with E-state index in [9.17, 15) is 0 Å². The zero-order valence-electron chi connectivity index (χ0n) is 8.98. The Morgan fingerprint density at radius 1 is 1.29 bits per heavy atom. The van der Waals surface area contributed by atoms with Crippen LogP contribution in [-0.4, -0.2) is 12.1 Å². The maximum atomic E-state index is 5.14. The summed E-state index contributed by atoms with van der Waals surface area (Å²) in [6, 6.07) is 0. The second kappa shape index (κ2) is 3.67. The highest BCUT2D eigenvalue weighted by Gasteiger charge is 2.17. The third-order valence-corrected chi connectivity index (χ3v) is 2.94. The second-order valence-corrected chi connectivity index (χ2v) is 3.77. The number of hydrogen-bond acceptors (Lipinski definition) is 3. The van der Waals surface area contributed by atoms with Crippen molar-refractivity contribution < 1.29 is 4.74 Å². The van der Waals surface area contributed by atoms with Gasteiger partial charge in [0, 0.05) is 20.2 Å². The number of ether oxygens (including phenoxy) is 1. The fourth-order valence-corrected chi connectivity index (χ4v) is 1.94. The first kappa shape index (κ1) is 9.62. The van der Waals surface area contributed by atoms with Gasteiger partial charge in [0.25, 0.3) is 0 Å². The predicted molar refractivity (Wildman–Crippen MR) is 55.0 cm³/mol. The van der Waals surface area contributed by atoms with Gasteiger partial charge in [-0.25, -0.2) is 0 Å². The number of methoxy groups -OCH3 is 1. The van der Waals surface area contributed by atoms with Gasteiger partial charge in [0.1, 0.15) is 0 Å². The van der Waals surface area contributed by atoms with E-state index < -0.39 is 0 Å². The lowest BCUT2D eigenvalue weighted by Gasteiger charge is -2.11. The fourth-order valence-electron chi connectivity index (χ4n) is 1.94. The number of nitrogens with zero attached hydrogens (tertiary/aromatic N) is 1. The Labute approximate surface area is 84.5 Å². The van der Waals surface area contributed by atoms with E-state index in [1.807, 2.05) is 0 Å². The van der Waals surface area contributed by atoms with Crippen molar-refractivity contribution in [3.63, 3.8) is 0 Å².